The molecule has 0 aromatic heterocycles. The number of ether oxygens (including phenoxy) is 13. The Kier molecular flexibility index (Phi) is 34.9. The van der Waals surface area contributed by atoms with Gasteiger partial charge in [0.1, 0.15) is 0 Å². The molecule has 526 valence electrons. The molecule has 18 nitrogen and oxygen atoms in total. The van der Waals surface area contributed by atoms with E-state index in [2.05, 4.69) is 171 Å². The molecule has 1 heterocycles. The number of methoxy groups -OCH3 is 4. The largest absolute Gasteiger partial charge is 0.381 e. The normalized spacial score (nSPS) is 16.0. The molecular weight excluding hydrogens is 1140 g/mol. The Morgan fingerprint density at radius 1 is 0.382 bits per heavy atom. The summed E-state index contributed by atoms with van der Waals surface area (Å²) in [7, 11) is 6.94. The smallest absolute Gasteiger partial charge is 0.253 e. The summed E-state index contributed by atoms with van der Waals surface area (Å²) < 4.78 is 83.2. The Bertz CT molecular complexity index is 2060. The third kappa shape index (κ3) is 35.8. The van der Waals surface area contributed by atoms with Gasteiger partial charge in [-0.2, -0.15) is 0 Å². The number of rotatable bonds is 52. The molecule has 1 aliphatic rings. The van der Waals surface area contributed by atoms with E-state index >= 15 is 0 Å². The molecule has 18 heteroatoms. The van der Waals surface area contributed by atoms with Crippen molar-refractivity contribution in [2.75, 3.05) is 108 Å². The predicted molar refractivity (Wildman–Crippen MR) is 356 cm³/mol. The minimum Gasteiger partial charge on any atom is -0.381 e. The van der Waals surface area contributed by atoms with Gasteiger partial charge in [-0.05, 0) is 230 Å². The Morgan fingerprint density at radius 2 is 0.663 bits per heavy atom. The number of hydrogen-bond donors (Lipinski definition) is 1. The number of hydrogen-bond acceptors (Lipinski definition) is 16. The molecule has 0 fully saturated rings. The van der Waals surface area contributed by atoms with Crippen LogP contribution in [0.25, 0.3) is 0 Å². The van der Waals surface area contributed by atoms with Gasteiger partial charge in [-0.15, -0.1) is 0 Å². The topological polar surface area (TPSA) is 186 Å². The van der Waals surface area contributed by atoms with E-state index < -0.39 is 56.6 Å². The molecule has 0 aromatic carbocycles. The zero-order valence-electron chi connectivity index (χ0n) is 62.1. The van der Waals surface area contributed by atoms with Crippen molar-refractivity contribution in [3.8, 4) is 0 Å². The van der Waals surface area contributed by atoms with E-state index in [1.807, 2.05) is 0 Å². The van der Waals surface area contributed by atoms with Crippen molar-refractivity contribution in [3.05, 3.63) is 12.2 Å². The molecule has 1 rings (SSSR count). The van der Waals surface area contributed by atoms with E-state index in [-0.39, 0.29) is 59.0 Å². The van der Waals surface area contributed by atoms with E-state index in [1.54, 1.807) is 28.4 Å². The Balaban J connectivity index is 3.31. The van der Waals surface area contributed by atoms with E-state index in [0.29, 0.717) is 105 Å². The maximum Gasteiger partial charge on any atom is 0.253 e. The van der Waals surface area contributed by atoms with Crippen LogP contribution in [0.5, 0.6) is 0 Å². The van der Waals surface area contributed by atoms with Crippen molar-refractivity contribution in [2.45, 2.75) is 304 Å². The first-order chi connectivity index (χ1) is 40.5. The van der Waals surface area contributed by atoms with Gasteiger partial charge in [0.25, 0.3) is 11.8 Å². The first kappa shape index (κ1) is 84.8. The van der Waals surface area contributed by atoms with Gasteiger partial charge in [0.2, 0.25) is 5.91 Å². The minimum atomic E-state index is -0.652. The summed E-state index contributed by atoms with van der Waals surface area (Å²) in [6.45, 7) is 56.0. The van der Waals surface area contributed by atoms with Gasteiger partial charge in [-0.25, -0.2) is 0 Å². The van der Waals surface area contributed by atoms with Crippen molar-refractivity contribution < 1.29 is 76.0 Å². The van der Waals surface area contributed by atoms with Crippen LogP contribution in [0.4, 0.5) is 0 Å². The van der Waals surface area contributed by atoms with Crippen LogP contribution in [0.1, 0.15) is 237 Å². The molecule has 0 radical (unpaired) electrons. The van der Waals surface area contributed by atoms with Crippen molar-refractivity contribution in [2.24, 2.45) is 17.8 Å². The number of carbonyl (C=O) groups excluding carboxylic acids is 3. The molecule has 1 aliphatic heterocycles. The molecule has 0 aromatic rings. The first-order valence-electron chi connectivity index (χ1n) is 33.2. The number of imide groups is 1. The molecule has 3 unspecified atom stereocenters. The van der Waals surface area contributed by atoms with Crippen LogP contribution < -0.4 is 5.32 Å². The van der Waals surface area contributed by atoms with Crippen LogP contribution in [-0.2, 0) is 76.0 Å². The van der Waals surface area contributed by atoms with E-state index in [0.717, 1.165) is 37.0 Å². The van der Waals surface area contributed by atoms with Crippen molar-refractivity contribution >= 4 is 17.7 Å². The van der Waals surface area contributed by atoms with Gasteiger partial charge >= 0.3 is 0 Å². The quantitative estimate of drug-likeness (QED) is 0.0447. The van der Waals surface area contributed by atoms with Crippen LogP contribution in [0.15, 0.2) is 12.2 Å². The van der Waals surface area contributed by atoms with E-state index in [9.17, 15) is 14.4 Å². The van der Waals surface area contributed by atoms with Crippen LogP contribution in [0.3, 0.4) is 0 Å². The highest BCUT2D eigenvalue weighted by Gasteiger charge is 2.42. The molecular formula is C71H136N2O16. The summed E-state index contributed by atoms with van der Waals surface area (Å²) in [4.78, 5) is 37.7. The zero-order chi connectivity index (χ0) is 68.6. The van der Waals surface area contributed by atoms with Gasteiger partial charge in [0, 0.05) is 84.5 Å². The molecule has 0 aliphatic carbocycles. The van der Waals surface area contributed by atoms with Gasteiger partial charge < -0.3 is 66.9 Å². The molecule has 0 saturated heterocycles. The van der Waals surface area contributed by atoms with Crippen molar-refractivity contribution in [1.29, 1.82) is 0 Å². The summed E-state index contributed by atoms with van der Waals surface area (Å²) in [5, 5.41) is 2.90. The van der Waals surface area contributed by atoms with Gasteiger partial charge in [-0.1, -0.05) is 0 Å². The Labute approximate surface area is 543 Å². The average Bonchev–Trinajstić information content (AvgIpc) is 1.83. The number of carbonyl (C=O) groups is 3. The second-order valence-corrected chi connectivity index (χ2v) is 32.1. The summed E-state index contributed by atoms with van der Waals surface area (Å²) in [6.07, 6.45) is 9.41. The van der Waals surface area contributed by atoms with Gasteiger partial charge in [0.15, 0.2) is 0 Å². The first-order valence-corrected chi connectivity index (χ1v) is 33.2. The summed E-state index contributed by atoms with van der Waals surface area (Å²) in [6, 6.07) is 0. The fourth-order valence-corrected chi connectivity index (χ4v) is 10.0. The lowest BCUT2D eigenvalue weighted by Gasteiger charge is -2.42. The third-order valence-corrected chi connectivity index (χ3v) is 18.4. The molecule has 3 amide bonds. The fourth-order valence-electron chi connectivity index (χ4n) is 10.0. The number of nitrogens with zero attached hydrogens (tertiary/aromatic N) is 1. The van der Waals surface area contributed by atoms with Crippen molar-refractivity contribution in [1.82, 2.24) is 10.2 Å². The molecule has 1 N–H and O–H groups in total. The monoisotopic (exact) mass is 1270 g/mol. The fraction of sp³-hybridized carbons (Fsp3) is 0.930. The molecule has 89 heavy (non-hydrogen) atoms. The van der Waals surface area contributed by atoms with Crippen LogP contribution in [-0.4, -0.2) is 197 Å². The highest BCUT2D eigenvalue weighted by atomic mass is 16.5. The second-order valence-electron chi connectivity index (χ2n) is 32.1. The van der Waals surface area contributed by atoms with Gasteiger partial charge in [0.05, 0.1) is 127 Å². The average molecular weight is 1270 g/mol. The zero-order valence-corrected chi connectivity index (χ0v) is 62.1. The Morgan fingerprint density at radius 3 is 0.966 bits per heavy atom. The minimum absolute atomic E-state index is 0.00165. The molecule has 0 spiro atoms. The van der Waals surface area contributed by atoms with Crippen LogP contribution >= 0.6 is 0 Å². The second kappa shape index (κ2) is 36.6. The van der Waals surface area contributed by atoms with E-state index in [4.69, 9.17) is 61.6 Å². The number of nitrogens with one attached hydrogen (secondary N) is 1. The third-order valence-electron chi connectivity index (χ3n) is 18.4. The lowest BCUT2D eigenvalue weighted by Crippen LogP contribution is -2.45. The highest BCUT2D eigenvalue weighted by molar-refractivity contribution is 6.13. The van der Waals surface area contributed by atoms with Gasteiger partial charge in [-0.3, -0.25) is 19.3 Å². The maximum absolute atomic E-state index is 12.7. The van der Waals surface area contributed by atoms with Crippen LogP contribution in [0, 0.1) is 17.8 Å². The molecule has 3 atom stereocenters. The lowest BCUT2D eigenvalue weighted by molar-refractivity contribution is -0.157. The SMILES string of the molecule is COC(C)(C)CCOC(C)(C)CC(COC(C)(C)CCOC(C)(C)CC(COCCCNC(=O)CCN1C(=O)C=CC1=O)C(C)(C)OCCC(C)(C)OCC(CC(C)(C)OCCC(C)(C)OC)C(C)(C)OCCC(C)(C)OC)C(C)(C)OCCC(C)(C)OC. The lowest BCUT2D eigenvalue weighted by atomic mass is 9.82. The van der Waals surface area contributed by atoms with Crippen molar-refractivity contribution in [3.63, 3.8) is 0 Å². The predicted octanol–water partition coefficient (Wildman–Crippen LogP) is 13.2. The summed E-state index contributed by atoms with van der Waals surface area (Å²) in [5.41, 5.74) is -5.47. The van der Waals surface area contributed by atoms with Crippen LogP contribution in [0.2, 0.25) is 0 Å². The standard InChI is InChI=1S/C71H136N2O16/c1-60(2,77-25)33-42-82-67(15,16)49-55(70(21,22)85-45-35-62(5,6)79-27)52-88-64(9,10)37-44-84-66(13,14)48-54(51-81-41-29-39-72-57(74)32-40-73-58(75)30-31-59(73)76)69(19,20)87-47-38-65(11,12)89-53-56(71(23,24)86-46-36-63(7,8)80-28)50-68(17,18)83-43-34-61(3,4)78-26/h30-31,54-56H,29,32-53H2,1-28H3,(H,72,74). The molecule has 0 saturated carbocycles. The summed E-state index contributed by atoms with van der Waals surface area (Å²) >= 11 is 0. The highest BCUT2D eigenvalue weighted by Crippen LogP contribution is 2.38. The molecule has 0 bridgehead atoms. The maximum atomic E-state index is 12.7. The van der Waals surface area contributed by atoms with E-state index in [1.165, 1.54) is 12.2 Å². The summed E-state index contributed by atoms with van der Waals surface area (Å²) in [5.74, 6) is -1.16. The Hall–Kier alpha value is -2.17. The number of amides is 3.